The molecule has 3 unspecified atom stereocenters. The standard InChI is InChI=1S/C25H24N4O5S/c30-19(8-9-26-18-11-29-23(32)7-4-14-2-1-3-16(18)24(14)29)20-12-28(25(33)34-20)15-5-6-21-17(10-15)27-22(31)13-35-21/h1-7,10,18-20,26,30H,8-9,11-13H2,(H,27,31). The van der Waals surface area contributed by atoms with Crippen LogP contribution in [0.4, 0.5) is 16.2 Å². The third-order valence-electron chi connectivity index (χ3n) is 6.78. The van der Waals surface area contributed by atoms with Crippen molar-refractivity contribution in [2.75, 3.05) is 29.1 Å². The van der Waals surface area contributed by atoms with Gasteiger partial charge in [0.15, 0.2) is 0 Å². The van der Waals surface area contributed by atoms with E-state index in [0.29, 0.717) is 36.6 Å². The summed E-state index contributed by atoms with van der Waals surface area (Å²) in [5.74, 6) is 0.301. The number of nitrogens with one attached hydrogen (secondary N) is 2. The van der Waals surface area contributed by atoms with Crippen LogP contribution in [0.2, 0.25) is 0 Å². The van der Waals surface area contributed by atoms with Crippen molar-refractivity contribution in [1.82, 2.24) is 9.88 Å². The smallest absolute Gasteiger partial charge is 0.414 e. The van der Waals surface area contributed by atoms with E-state index in [-0.39, 0.29) is 24.1 Å². The molecule has 0 bridgehead atoms. The Morgan fingerprint density at radius 3 is 2.91 bits per heavy atom. The van der Waals surface area contributed by atoms with Crippen molar-refractivity contribution in [2.24, 2.45) is 0 Å². The summed E-state index contributed by atoms with van der Waals surface area (Å²) in [7, 11) is 0. The molecule has 9 nitrogen and oxygen atoms in total. The summed E-state index contributed by atoms with van der Waals surface area (Å²) in [5, 5.41) is 18.0. The highest BCUT2D eigenvalue weighted by Gasteiger charge is 2.37. The first kappa shape index (κ1) is 22.1. The number of rotatable bonds is 6. The predicted octanol–water partition coefficient (Wildman–Crippen LogP) is 2.47. The second kappa shape index (κ2) is 8.71. The number of ether oxygens (including phenoxy) is 1. The first-order valence-electron chi connectivity index (χ1n) is 11.6. The van der Waals surface area contributed by atoms with E-state index in [2.05, 4.69) is 10.6 Å². The molecule has 6 rings (SSSR count). The van der Waals surface area contributed by atoms with Crippen LogP contribution in [0.15, 0.2) is 58.2 Å². The minimum atomic E-state index is -0.841. The Balaban J connectivity index is 1.08. The maximum absolute atomic E-state index is 12.5. The third kappa shape index (κ3) is 3.97. The monoisotopic (exact) mass is 492 g/mol. The Labute approximate surface area is 205 Å². The Kier molecular flexibility index (Phi) is 5.51. The number of thioether (sulfide) groups is 1. The van der Waals surface area contributed by atoms with E-state index in [4.69, 9.17) is 4.74 Å². The van der Waals surface area contributed by atoms with Crippen molar-refractivity contribution >= 4 is 46.0 Å². The van der Waals surface area contributed by atoms with Gasteiger partial charge in [-0.1, -0.05) is 18.2 Å². The van der Waals surface area contributed by atoms with Crippen LogP contribution in [-0.4, -0.2) is 52.7 Å². The largest absolute Gasteiger partial charge is 0.441 e. The van der Waals surface area contributed by atoms with E-state index in [1.165, 1.54) is 16.7 Å². The number of nitrogens with zero attached hydrogens (tertiary/aromatic N) is 2. The van der Waals surface area contributed by atoms with E-state index < -0.39 is 18.3 Å². The second-order valence-electron chi connectivity index (χ2n) is 8.98. The molecule has 0 aliphatic carbocycles. The van der Waals surface area contributed by atoms with Crippen LogP contribution in [0.5, 0.6) is 0 Å². The SMILES string of the molecule is O=C1CSc2ccc(N3CC(C(O)CCNC4Cn5c(=O)ccc6cccc4c65)OC3=O)cc2N1. The number of para-hydroxylation sites is 1. The first-order chi connectivity index (χ1) is 17.0. The molecule has 1 fully saturated rings. The van der Waals surface area contributed by atoms with Crippen molar-refractivity contribution in [1.29, 1.82) is 0 Å². The fraction of sp³-hybridized carbons (Fsp3) is 0.320. The lowest BCUT2D eigenvalue weighted by atomic mass is 10.1. The Hall–Kier alpha value is -3.34. The number of hydrogen-bond donors (Lipinski definition) is 3. The average molecular weight is 493 g/mol. The Bertz CT molecular complexity index is 1410. The molecule has 4 heterocycles. The van der Waals surface area contributed by atoms with Crippen LogP contribution >= 0.6 is 11.8 Å². The summed E-state index contributed by atoms with van der Waals surface area (Å²) in [6, 6.07) is 14.9. The highest BCUT2D eigenvalue weighted by atomic mass is 32.2. The van der Waals surface area contributed by atoms with Gasteiger partial charge in [-0.2, -0.15) is 0 Å². The number of pyridine rings is 1. The van der Waals surface area contributed by atoms with Crippen LogP contribution in [0.3, 0.4) is 0 Å². The summed E-state index contributed by atoms with van der Waals surface area (Å²) in [6.07, 6.45) is -1.63. The van der Waals surface area contributed by atoms with Crippen molar-refractivity contribution in [3.05, 3.63) is 64.4 Å². The minimum Gasteiger partial charge on any atom is -0.441 e. The van der Waals surface area contributed by atoms with Gasteiger partial charge in [-0.15, -0.1) is 11.8 Å². The highest BCUT2D eigenvalue weighted by Crippen LogP contribution is 2.36. The van der Waals surface area contributed by atoms with Crippen molar-refractivity contribution in [3.63, 3.8) is 0 Å². The summed E-state index contributed by atoms with van der Waals surface area (Å²) in [5.41, 5.74) is 3.31. The highest BCUT2D eigenvalue weighted by molar-refractivity contribution is 8.00. The number of carbonyl (C=O) groups is 2. The molecule has 1 saturated heterocycles. The van der Waals surface area contributed by atoms with Crippen molar-refractivity contribution in [3.8, 4) is 0 Å². The van der Waals surface area contributed by atoms with E-state index in [1.807, 2.05) is 36.4 Å². The molecule has 3 aliphatic rings. The molecule has 3 aliphatic heterocycles. The molecule has 2 aromatic carbocycles. The number of anilines is 2. The number of amides is 2. The number of carbonyl (C=O) groups excluding carboxylic acids is 2. The van der Waals surface area contributed by atoms with Gasteiger partial charge in [0.2, 0.25) is 5.91 Å². The molecule has 3 atom stereocenters. The second-order valence-corrected chi connectivity index (χ2v) is 10.00. The van der Waals surface area contributed by atoms with E-state index in [9.17, 15) is 19.5 Å². The normalized spacial score (nSPS) is 21.7. The predicted molar refractivity (Wildman–Crippen MR) is 133 cm³/mol. The lowest BCUT2D eigenvalue weighted by molar-refractivity contribution is -0.113. The zero-order chi connectivity index (χ0) is 24.1. The molecule has 35 heavy (non-hydrogen) atoms. The van der Waals surface area contributed by atoms with Crippen LogP contribution in [0.1, 0.15) is 18.0 Å². The quantitative estimate of drug-likeness (QED) is 0.485. The lowest BCUT2D eigenvalue weighted by Crippen LogP contribution is -2.34. The van der Waals surface area contributed by atoms with Gasteiger partial charge in [0, 0.05) is 23.2 Å². The number of hydrogen-bond acceptors (Lipinski definition) is 7. The van der Waals surface area contributed by atoms with Crippen LogP contribution in [-0.2, 0) is 16.1 Å². The van der Waals surface area contributed by atoms with Gasteiger partial charge >= 0.3 is 6.09 Å². The van der Waals surface area contributed by atoms with Gasteiger partial charge in [0.25, 0.3) is 5.56 Å². The van der Waals surface area contributed by atoms with E-state index >= 15 is 0 Å². The van der Waals surface area contributed by atoms with Gasteiger partial charge < -0.3 is 25.0 Å². The van der Waals surface area contributed by atoms with Gasteiger partial charge in [0.1, 0.15) is 6.10 Å². The summed E-state index contributed by atoms with van der Waals surface area (Å²) < 4.78 is 7.25. The number of cyclic esters (lactones) is 1. The van der Waals surface area contributed by atoms with E-state index in [1.54, 1.807) is 16.7 Å². The third-order valence-corrected chi connectivity index (χ3v) is 7.86. The fourth-order valence-electron chi connectivity index (χ4n) is 5.03. The summed E-state index contributed by atoms with van der Waals surface area (Å²) in [6.45, 7) is 1.27. The molecule has 0 spiro atoms. The van der Waals surface area contributed by atoms with Gasteiger partial charge in [-0.3, -0.25) is 14.5 Å². The van der Waals surface area contributed by atoms with Crippen molar-refractivity contribution in [2.45, 2.75) is 36.1 Å². The topological polar surface area (TPSA) is 113 Å². The number of fused-ring (bicyclic) bond motifs is 1. The number of aliphatic hydroxyl groups is 1. The first-order valence-corrected chi connectivity index (χ1v) is 12.6. The molecule has 3 N–H and O–H groups in total. The number of benzene rings is 2. The van der Waals surface area contributed by atoms with Gasteiger partial charge in [-0.25, -0.2) is 4.79 Å². The molecule has 0 radical (unpaired) electrons. The number of aliphatic hydroxyl groups excluding tert-OH is 1. The van der Waals surface area contributed by atoms with Gasteiger partial charge in [0.05, 0.1) is 35.6 Å². The molecule has 180 valence electrons. The lowest BCUT2D eigenvalue weighted by Gasteiger charge is -2.20. The molecule has 10 heteroatoms. The van der Waals surface area contributed by atoms with Crippen LogP contribution in [0.25, 0.3) is 10.9 Å². The number of aromatic nitrogens is 1. The summed E-state index contributed by atoms with van der Waals surface area (Å²) >= 11 is 1.46. The minimum absolute atomic E-state index is 0.0208. The molecule has 0 saturated carbocycles. The zero-order valence-corrected chi connectivity index (χ0v) is 19.6. The average Bonchev–Trinajstić information content (AvgIpc) is 3.43. The molecule has 1 aromatic heterocycles. The maximum Gasteiger partial charge on any atom is 0.414 e. The Morgan fingerprint density at radius 2 is 2.03 bits per heavy atom. The van der Waals surface area contributed by atoms with Gasteiger partial charge in [-0.05, 0) is 48.2 Å². The Morgan fingerprint density at radius 1 is 1.14 bits per heavy atom. The zero-order valence-electron chi connectivity index (χ0n) is 18.8. The molecule has 3 aromatic rings. The molecular formula is C25H24N4O5S. The van der Waals surface area contributed by atoms with Crippen LogP contribution in [0, 0.1) is 0 Å². The molecule has 2 amide bonds. The fourth-order valence-corrected chi connectivity index (χ4v) is 5.82. The van der Waals surface area contributed by atoms with Crippen molar-refractivity contribution < 1.29 is 19.4 Å². The summed E-state index contributed by atoms with van der Waals surface area (Å²) in [4.78, 5) is 38.9. The van der Waals surface area contributed by atoms with E-state index in [0.717, 1.165) is 21.4 Å². The molecular weight excluding hydrogens is 468 g/mol. The maximum atomic E-state index is 12.5. The van der Waals surface area contributed by atoms with Crippen LogP contribution < -0.4 is 21.1 Å².